The highest BCUT2D eigenvalue weighted by molar-refractivity contribution is 14.0. The molecule has 1 aromatic heterocycles. The SMILES string of the molecule is CN=C(NCC1CCCC1)NC1CCN(c2ncccc2Cl)C1.I. The van der Waals surface area contributed by atoms with Crippen LogP contribution in [0.1, 0.15) is 32.1 Å². The van der Waals surface area contributed by atoms with E-state index >= 15 is 0 Å². The molecule has 1 atom stereocenters. The number of hydrogen-bond acceptors (Lipinski definition) is 3. The molecule has 2 fully saturated rings. The van der Waals surface area contributed by atoms with Crippen molar-refractivity contribution < 1.29 is 0 Å². The third kappa shape index (κ3) is 5.12. The zero-order chi connectivity index (χ0) is 16.1. The monoisotopic (exact) mass is 463 g/mol. The first-order valence-corrected chi connectivity index (χ1v) is 8.96. The molecule has 7 heteroatoms. The molecule has 0 bridgehead atoms. The maximum absolute atomic E-state index is 6.25. The summed E-state index contributed by atoms with van der Waals surface area (Å²) in [4.78, 5) is 11.0. The van der Waals surface area contributed by atoms with E-state index < -0.39 is 0 Å². The lowest BCUT2D eigenvalue weighted by Gasteiger charge is -2.21. The predicted octanol–water partition coefficient (Wildman–Crippen LogP) is 3.29. The molecule has 134 valence electrons. The van der Waals surface area contributed by atoms with Crippen molar-refractivity contribution in [1.82, 2.24) is 15.6 Å². The lowest BCUT2D eigenvalue weighted by Crippen LogP contribution is -2.45. The molecule has 0 amide bonds. The van der Waals surface area contributed by atoms with E-state index in [0.29, 0.717) is 6.04 Å². The smallest absolute Gasteiger partial charge is 0.191 e. The molecule has 1 aliphatic heterocycles. The second-order valence-electron chi connectivity index (χ2n) is 6.49. The molecule has 5 nitrogen and oxygen atoms in total. The number of pyridine rings is 1. The molecular weight excluding hydrogens is 437 g/mol. The summed E-state index contributed by atoms with van der Waals surface area (Å²) in [5, 5.41) is 7.74. The van der Waals surface area contributed by atoms with Crippen LogP contribution >= 0.6 is 35.6 Å². The Bertz CT molecular complexity index is 548. The van der Waals surface area contributed by atoms with E-state index in [1.54, 1.807) is 6.20 Å². The van der Waals surface area contributed by atoms with Crippen LogP contribution in [0.15, 0.2) is 23.3 Å². The largest absolute Gasteiger partial charge is 0.356 e. The van der Waals surface area contributed by atoms with Crippen LogP contribution in [-0.2, 0) is 0 Å². The Morgan fingerprint density at radius 2 is 2.17 bits per heavy atom. The third-order valence-corrected chi connectivity index (χ3v) is 5.12. The number of aromatic nitrogens is 1. The zero-order valence-electron chi connectivity index (χ0n) is 14.2. The van der Waals surface area contributed by atoms with Crippen LogP contribution in [0.5, 0.6) is 0 Å². The van der Waals surface area contributed by atoms with Gasteiger partial charge in [0, 0.05) is 38.9 Å². The average molecular weight is 464 g/mol. The van der Waals surface area contributed by atoms with Crippen LogP contribution < -0.4 is 15.5 Å². The molecule has 24 heavy (non-hydrogen) atoms. The van der Waals surface area contributed by atoms with Crippen molar-refractivity contribution in [3.8, 4) is 0 Å². The van der Waals surface area contributed by atoms with Gasteiger partial charge in [0.2, 0.25) is 0 Å². The summed E-state index contributed by atoms with van der Waals surface area (Å²) >= 11 is 6.25. The Labute approximate surface area is 166 Å². The van der Waals surface area contributed by atoms with Crippen molar-refractivity contribution in [2.24, 2.45) is 10.9 Å². The summed E-state index contributed by atoms with van der Waals surface area (Å²) in [6.07, 6.45) is 8.31. The van der Waals surface area contributed by atoms with E-state index in [4.69, 9.17) is 11.6 Å². The molecule has 1 saturated carbocycles. The number of rotatable bonds is 4. The summed E-state index contributed by atoms with van der Waals surface area (Å²) < 4.78 is 0. The highest BCUT2D eigenvalue weighted by Gasteiger charge is 2.25. The van der Waals surface area contributed by atoms with Gasteiger partial charge < -0.3 is 15.5 Å². The topological polar surface area (TPSA) is 52.6 Å². The molecule has 0 radical (unpaired) electrons. The van der Waals surface area contributed by atoms with Gasteiger partial charge in [0.1, 0.15) is 5.82 Å². The summed E-state index contributed by atoms with van der Waals surface area (Å²) in [5.74, 6) is 2.60. The first-order chi connectivity index (χ1) is 11.3. The quantitative estimate of drug-likeness (QED) is 0.409. The van der Waals surface area contributed by atoms with Crippen molar-refractivity contribution in [3.63, 3.8) is 0 Å². The molecule has 1 saturated heterocycles. The standard InChI is InChI=1S/C17H26ClN5.HI/c1-19-17(21-11-13-5-2-3-6-13)22-14-8-10-23(12-14)16-15(18)7-4-9-20-16;/h4,7,9,13-14H,2-3,5-6,8,10-12H2,1H3,(H2,19,21,22);1H. The van der Waals surface area contributed by atoms with Crippen LogP contribution in [0.4, 0.5) is 5.82 Å². The minimum absolute atomic E-state index is 0. The van der Waals surface area contributed by atoms with Crippen molar-refractivity contribution in [1.29, 1.82) is 0 Å². The Hall–Kier alpha value is -0.760. The fraction of sp³-hybridized carbons (Fsp3) is 0.647. The molecule has 0 aromatic carbocycles. The Balaban J connectivity index is 0.00000208. The lowest BCUT2D eigenvalue weighted by molar-refractivity contribution is 0.526. The van der Waals surface area contributed by atoms with Gasteiger partial charge in [-0.15, -0.1) is 24.0 Å². The first-order valence-electron chi connectivity index (χ1n) is 8.59. The Morgan fingerprint density at radius 3 is 2.88 bits per heavy atom. The van der Waals surface area contributed by atoms with Gasteiger partial charge in [0.05, 0.1) is 5.02 Å². The predicted molar refractivity (Wildman–Crippen MR) is 112 cm³/mol. The Kier molecular flexibility index (Phi) is 7.87. The van der Waals surface area contributed by atoms with Crippen LogP contribution in [0.3, 0.4) is 0 Å². The molecule has 2 heterocycles. The van der Waals surface area contributed by atoms with Crippen molar-refractivity contribution in [2.45, 2.75) is 38.1 Å². The van der Waals surface area contributed by atoms with Gasteiger partial charge in [-0.05, 0) is 37.3 Å². The highest BCUT2D eigenvalue weighted by atomic mass is 127. The average Bonchev–Trinajstić information content (AvgIpc) is 3.23. The lowest BCUT2D eigenvalue weighted by atomic mass is 10.1. The van der Waals surface area contributed by atoms with E-state index in [1.807, 2.05) is 19.2 Å². The summed E-state index contributed by atoms with van der Waals surface area (Å²) in [7, 11) is 1.84. The molecule has 3 rings (SSSR count). The number of hydrogen-bond donors (Lipinski definition) is 2. The molecule has 1 unspecified atom stereocenters. The van der Waals surface area contributed by atoms with Crippen LogP contribution in [0.25, 0.3) is 0 Å². The third-order valence-electron chi connectivity index (χ3n) is 4.82. The van der Waals surface area contributed by atoms with Gasteiger partial charge in [0.15, 0.2) is 5.96 Å². The zero-order valence-corrected chi connectivity index (χ0v) is 17.3. The van der Waals surface area contributed by atoms with Gasteiger partial charge in [-0.25, -0.2) is 4.98 Å². The van der Waals surface area contributed by atoms with Gasteiger partial charge in [-0.1, -0.05) is 24.4 Å². The van der Waals surface area contributed by atoms with Crippen molar-refractivity contribution in [3.05, 3.63) is 23.4 Å². The molecule has 2 N–H and O–H groups in total. The van der Waals surface area contributed by atoms with Crippen molar-refractivity contribution >= 4 is 47.4 Å². The fourth-order valence-corrected chi connectivity index (χ4v) is 3.77. The molecule has 2 aliphatic rings. The van der Waals surface area contributed by atoms with Crippen molar-refractivity contribution in [2.75, 3.05) is 31.6 Å². The molecular formula is C17H27ClIN5. The first kappa shape index (κ1) is 19.6. The number of guanidine groups is 1. The van der Waals surface area contributed by atoms with Crippen LogP contribution in [-0.4, -0.2) is 43.7 Å². The molecule has 0 spiro atoms. The van der Waals surface area contributed by atoms with Gasteiger partial charge >= 0.3 is 0 Å². The number of nitrogens with zero attached hydrogens (tertiary/aromatic N) is 3. The normalized spacial score (nSPS) is 21.7. The van der Waals surface area contributed by atoms with E-state index in [9.17, 15) is 0 Å². The molecule has 1 aromatic rings. The highest BCUT2D eigenvalue weighted by Crippen LogP contribution is 2.26. The van der Waals surface area contributed by atoms with E-state index in [-0.39, 0.29) is 24.0 Å². The number of anilines is 1. The van der Waals surface area contributed by atoms with Gasteiger partial charge in [0.25, 0.3) is 0 Å². The summed E-state index contributed by atoms with van der Waals surface area (Å²) in [6, 6.07) is 4.14. The number of nitrogens with one attached hydrogen (secondary N) is 2. The number of halogens is 2. The minimum Gasteiger partial charge on any atom is -0.356 e. The maximum Gasteiger partial charge on any atom is 0.191 e. The van der Waals surface area contributed by atoms with E-state index in [0.717, 1.165) is 48.8 Å². The van der Waals surface area contributed by atoms with Gasteiger partial charge in [-0.2, -0.15) is 0 Å². The fourth-order valence-electron chi connectivity index (χ4n) is 3.52. The minimum atomic E-state index is 0. The summed E-state index contributed by atoms with van der Waals surface area (Å²) in [5.41, 5.74) is 0. The maximum atomic E-state index is 6.25. The number of aliphatic imine (C=N–C) groups is 1. The van der Waals surface area contributed by atoms with Gasteiger partial charge in [-0.3, -0.25) is 4.99 Å². The van der Waals surface area contributed by atoms with E-state index in [1.165, 1.54) is 25.7 Å². The Morgan fingerprint density at radius 1 is 1.38 bits per heavy atom. The van der Waals surface area contributed by atoms with E-state index in [2.05, 4.69) is 25.5 Å². The second-order valence-corrected chi connectivity index (χ2v) is 6.90. The van der Waals surface area contributed by atoms with Crippen LogP contribution in [0.2, 0.25) is 5.02 Å². The van der Waals surface area contributed by atoms with Crippen LogP contribution in [0, 0.1) is 5.92 Å². The molecule has 1 aliphatic carbocycles. The second kappa shape index (κ2) is 9.65. The summed E-state index contributed by atoms with van der Waals surface area (Å²) in [6.45, 7) is 2.90.